The maximum atomic E-state index is 13.0. The summed E-state index contributed by atoms with van der Waals surface area (Å²) in [5.41, 5.74) is -1.16. The van der Waals surface area contributed by atoms with Gasteiger partial charge in [-0.25, -0.2) is 4.39 Å². The minimum Gasteiger partial charge on any atom is -0.371 e. The Hall–Kier alpha value is -1.38. The highest BCUT2D eigenvalue weighted by Gasteiger charge is 2.28. The fraction of sp³-hybridized carbons (Fsp3) is 0.250. The lowest BCUT2D eigenvalue weighted by molar-refractivity contribution is -0.384. The van der Waals surface area contributed by atoms with E-state index in [1.165, 1.54) is 0 Å². The van der Waals surface area contributed by atoms with Crippen molar-refractivity contribution >= 4 is 27.3 Å². The molecular formula is C8H5BrF4N2O2. The van der Waals surface area contributed by atoms with E-state index < -0.39 is 34.8 Å². The second kappa shape index (κ2) is 4.86. The number of alkyl halides is 3. The third kappa shape index (κ3) is 3.84. The van der Waals surface area contributed by atoms with Gasteiger partial charge in [-0.15, -0.1) is 0 Å². The summed E-state index contributed by atoms with van der Waals surface area (Å²) in [6.45, 7) is -1.44. The van der Waals surface area contributed by atoms with Gasteiger partial charge in [-0.2, -0.15) is 13.2 Å². The summed E-state index contributed by atoms with van der Waals surface area (Å²) in [5.74, 6) is -0.922. The molecule has 17 heavy (non-hydrogen) atoms. The van der Waals surface area contributed by atoms with Crippen LogP contribution in [0.4, 0.5) is 28.9 Å². The van der Waals surface area contributed by atoms with E-state index in [0.717, 1.165) is 6.07 Å². The molecular weight excluding hydrogens is 312 g/mol. The standard InChI is InChI=1S/C8H5BrF4N2O2/c9-4-1-6(14-3-8(11,12)13)7(15(16)17)2-5(4)10/h1-2,14H,3H2. The van der Waals surface area contributed by atoms with Crippen LogP contribution >= 0.6 is 15.9 Å². The predicted molar refractivity (Wildman–Crippen MR) is 55.3 cm³/mol. The maximum Gasteiger partial charge on any atom is 0.405 e. The first-order valence-corrected chi connectivity index (χ1v) is 4.94. The number of nitro benzene ring substituents is 1. The highest BCUT2D eigenvalue weighted by atomic mass is 79.9. The van der Waals surface area contributed by atoms with E-state index in [9.17, 15) is 27.7 Å². The normalized spacial score (nSPS) is 11.4. The third-order valence-electron chi connectivity index (χ3n) is 1.71. The molecule has 9 heteroatoms. The molecule has 0 fully saturated rings. The van der Waals surface area contributed by atoms with E-state index >= 15 is 0 Å². The van der Waals surface area contributed by atoms with E-state index in [1.54, 1.807) is 0 Å². The van der Waals surface area contributed by atoms with E-state index in [4.69, 9.17) is 0 Å². The van der Waals surface area contributed by atoms with Gasteiger partial charge in [-0.1, -0.05) is 0 Å². The molecule has 0 atom stereocenters. The lowest BCUT2D eigenvalue weighted by atomic mass is 10.2. The molecule has 0 unspecified atom stereocenters. The van der Waals surface area contributed by atoms with Crippen LogP contribution in [-0.4, -0.2) is 17.6 Å². The Bertz CT molecular complexity index is 450. The fourth-order valence-corrected chi connectivity index (χ4v) is 1.37. The second-order valence-electron chi connectivity index (χ2n) is 3.01. The van der Waals surface area contributed by atoms with Crippen molar-refractivity contribution in [2.75, 3.05) is 11.9 Å². The van der Waals surface area contributed by atoms with Gasteiger partial charge in [0.15, 0.2) is 0 Å². The topological polar surface area (TPSA) is 55.2 Å². The van der Waals surface area contributed by atoms with Crippen LogP contribution in [0.5, 0.6) is 0 Å². The van der Waals surface area contributed by atoms with Crippen LogP contribution in [0, 0.1) is 15.9 Å². The number of benzene rings is 1. The summed E-state index contributed by atoms with van der Waals surface area (Å²) >= 11 is 2.73. The Kier molecular flexibility index (Phi) is 3.91. The van der Waals surface area contributed by atoms with Gasteiger partial charge in [0.05, 0.1) is 15.5 Å². The van der Waals surface area contributed by atoms with E-state index in [1.807, 2.05) is 5.32 Å². The quantitative estimate of drug-likeness (QED) is 0.528. The fourth-order valence-electron chi connectivity index (χ4n) is 1.02. The molecule has 0 saturated heterocycles. The molecule has 1 rings (SSSR count). The molecule has 0 saturated carbocycles. The van der Waals surface area contributed by atoms with Gasteiger partial charge in [-0.3, -0.25) is 10.1 Å². The molecule has 1 aromatic rings. The zero-order chi connectivity index (χ0) is 13.2. The summed E-state index contributed by atoms with van der Waals surface area (Å²) in [6.07, 6.45) is -4.52. The van der Waals surface area contributed by atoms with Gasteiger partial charge in [0.2, 0.25) is 0 Å². The molecule has 4 nitrogen and oxygen atoms in total. The predicted octanol–water partition coefficient (Wildman–Crippen LogP) is 3.47. The zero-order valence-corrected chi connectivity index (χ0v) is 9.60. The van der Waals surface area contributed by atoms with Crippen molar-refractivity contribution in [2.24, 2.45) is 0 Å². The summed E-state index contributed by atoms with van der Waals surface area (Å²) in [4.78, 5) is 9.55. The lowest BCUT2D eigenvalue weighted by Crippen LogP contribution is -2.21. The average molecular weight is 317 g/mol. The Morgan fingerprint density at radius 1 is 1.41 bits per heavy atom. The number of nitrogens with one attached hydrogen (secondary N) is 1. The molecule has 0 aromatic heterocycles. The van der Waals surface area contributed by atoms with Crippen LogP contribution in [0.1, 0.15) is 0 Å². The van der Waals surface area contributed by atoms with Crippen molar-refractivity contribution in [1.29, 1.82) is 0 Å². The first-order valence-electron chi connectivity index (χ1n) is 4.15. The largest absolute Gasteiger partial charge is 0.405 e. The molecule has 0 aliphatic rings. The number of hydrogen-bond acceptors (Lipinski definition) is 3. The van der Waals surface area contributed by atoms with E-state index in [0.29, 0.717) is 6.07 Å². The van der Waals surface area contributed by atoms with Crippen molar-refractivity contribution in [2.45, 2.75) is 6.18 Å². The van der Waals surface area contributed by atoms with Crippen LogP contribution in [0.3, 0.4) is 0 Å². The first kappa shape index (κ1) is 13.7. The second-order valence-corrected chi connectivity index (χ2v) is 3.86. The molecule has 94 valence electrons. The number of hydrogen-bond donors (Lipinski definition) is 1. The molecule has 1 aromatic carbocycles. The van der Waals surface area contributed by atoms with Gasteiger partial charge < -0.3 is 5.32 Å². The van der Waals surface area contributed by atoms with Crippen LogP contribution in [0.2, 0.25) is 0 Å². The Morgan fingerprint density at radius 3 is 2.47 bits per heavy atom. The van der Waals surface area contributed by atoms with Crippen molar-refractivity contribution < 1.29 is 22.5 Å². The molecule has 0 radical (unpaired) electrons. The van der Waals surface area contributed by atoms with Crippen molar-refractivity contribution in [3.63, 3.8) is 0 Å². The minimum absolute atomic E-state index is 0.159. The number of nitro groups is 1. The summed E-state index contributed by atoms with van der Waals surface area (Å²) in [6, 6.07) is 1.43. The van der Waals surface area contributed by atoms with Gasteiger partial charge in [0.25, 0.3) is 5.69 Å². The minimum atomic E-state index is -4.52. The molecule has 0 bridgehead atoms. The summed E-state index contributed by atoms with van der Waals surface area (Å²) < 4.78 is 48.6. The highest BCUT2D eigenvalue weighted by Crippen LogP contribution is 2.31. The zero-order valence-electron chi connectivity index (χ0n) is 8.02. The van der Waals surface area contributed by atoms with E-state index in [-0.39, 0.29) is 4.47 Å². The van der Waals surface area contributed by atoms with Crippen LogP contribution < -0.4 is 5.32 Å². The van der Waals surface area contributed by atoms with Gasteiger partial charge in [-0.05, 0) is 22.0 Å². The monoisotopic (exact) mass is 316 g/mol. The Morgan fingerprint density at radius 2 is 2.00 bits per heavy atom. The smallest absolute Gasteiger partial charge is 0.371 e. The molecule has 0 amide bonds. The molecule has 0 spiro atoms. The van der Waals surface area contributed by atoms with Crippen molar-refractivity contribution in [3.8, 4) is 0 Å². The molecule has 0 aliphatic carbocycles. The average Bonchev–Trinajstić information content (AvgIpc) is 2.17. The summed E-state index contributed by atoms with van der Waals surface area (Å²) in [5, 5.41) is 12.4. The Labute approximate surface area is 101 Å². The van der Waals surface area contributed by atoms with Crippen LogP contribution in [0.25, 0.3) is 0 Å². The third-order valence-corrected chi connectivity index (χ3v) is 2.32. The summed E-state index contributed by atoms with van der Waals surface area (Å²) in [7, 11) is 0. The van der Waals surface area contributed by atoms with Crippen molar-refractivity contribution in [3.05, 3.63) is 32.5 Å². The SMILES string of the molecule is O=[N+]([O-])c1cc(F)c(Br)cc1NCC(F)(F)F. The van der Waals surface area contributed by atoms with Crippen LogP contribution in [-0.2, 0) is 0 Å². The van der Waals surface area contributed by atoms with Gasteiger partial charge >= 0.3 is 6.18 Å². The number of nitrogens with zero attached hydrogens (tertiary/aromatic N) is 1. The molecule has 0 heterocycles. The van der Waals surface area contributed by atoms with Crippen molar-refractivity contribution in [1.82, 2.24) is 0 Å². The van der Waals surface area contributed by atoms with E-state index in [2.05, 4.69) is 15.9 Å². The maximum absolute atomic E-state index is 13.0. The number of anilines is 1. The highest BCUT2D eigenvalue weighted by molar-refractivity contribution is 9.10. The van der Waals surface area contributed by atoms with Gasteiger partial charge in [0.1, 0.15) is 18.0 Å². The number of halogens is 5. The Balaban J connectivity index is 3.05. The first-order chi connectivity index (χ1) is 7.70. The van der Waals surface area contributed by atoms with Gasteiger partial charge in [0, 0.05) is 0 Å². The number of rotatable bonds is 3. The lowest BCUT2D eigenvalue weighted by Gasteiger charge is -2.10. The molecule has 0 aliphatic heterocycles. The van der Waals surface area contributed by atoms with Crippen LogP contribution in [0.15, 0.2) is 16.6 Å². The molecule has 1 N–H and O–H groups in total.